The number of fused-ring (bicyclic) bond motifs is 1. The zero-order valence-electron chi connectivity index (χ0n) is 11.1. The molecule has 8 heteroatoms. The molecule has 0 aromatic carbocycles. The summed E-state index contributed by atoms with van der Waals surface area (Å²) in [6, 6.07) is 0.474. The Labute approximate surface area is 125 Å². The zero-order chi connectivity index (χ0) is 15.1. The highest BCUT2D eigenvalue weighted by Crippen LogP contribution is 2.45. The number of hydrogen-bond donors (Lipinski definition) is 1. The first-order valence-electron chi connectivity index (χ1n) is 6.78. The van der Waals surface area contributed by atoms with Crippen LogP contribution in [-0.2, 0) is 4.79 Å². The van der Waals surface area contributed by atoms with Gasteiger partial charge in [-0.3, -0.25) is 10.1 Å². The quantitative estimate of drug-likeness (QED) is 0.679. The van der Waals surface area contributed by atoms with Gasteiger partial charge in [0.05, 0.1) is 9.95 Å². The van der Waals surface area contributed by atoms with E-state index in [-0.39, 0.29) is 28.4 Å². The first kappa shape index (κ1) is 14.1. The summed E-state index contributed by atoms with van der Waals surface area (Å²) in [4.78, 5) is 27.8. The number of carbonyl (C=O) groups is 1. The summed E-state index contributed by atoms with van der Waals surface area (Å²) >= 11 is 5.76. The van der Waals surface area contributed by atoms with Gasteiger partial charge >= 0.3 is 11.7 Å². The monoisotopic (exact) mass is 311 g/mol. The van der Waals surface area contributed by atoms with Gasteiger partial charge in [0.1, 0.15) is 6.04 Å². The first-order valence-corrected chi connectivity index (χ1v) is 7.16. The van der Waals surface area contributed by atoms with Crippen molar-refractivity contribution >= 4 is 29.1 Å². The maximum atomic E-state index is 11.6. The van der Waals surface area contributed by atoms with Crippen LogP contribution in [0.4, 0.5) is 11.5 Å². The van der Waals surface area contributed by atoms with E-state index in [0.29, 0.717) is 6.54 Å². The molecule has 0 amide bonds. The Kier molecular flexibility index (Phi) is 3.44. The van der Waals surface area contributed by atoms with Gasteiger partial charge in [-0.05, 0) is 24.7 Å². The van der Waals surface area contributed by atoms with Crippen LogP contribution in [0, 0.1) is 22.0 Å². The van der Waals surface area contributed by atoms with Gasteiger partial charge < -0.3 is 10.0 Å². The largest absolute Gasteiger partial charge is 0.480 e. The van der Waals surface area contributed by atoms with E-state index in [9.17, 15) is 20.0 Å². The second-order valence-corrected chi connectivity index (χ2v) is 5.98. The Balaban J connectivity index is 2.03. The van der Waals surface area contributed by atoms with E-state index in [0.717, 1.165) is 19.3 Å². The number of rotatable bonds is 3. The van der Waals surface area contributed by atoms with Gasteiger partial charge in [-0.1, -0.05) is 18.0 Å². The van der Waals surface area contributed by atoms with Crippen LogP contribution in [-0.4, -0.2) is 33.6 Å². The van der Waals surface area contributed by atoms with E-state index in [2.05, 4.69) is 4.98 Å². The van der Waals surface area contributed by atoms with Crippen molar-refractivity contribution in [2.24, 2.45) is 11.8 Å². The summed E-state index contributed by atoms with van der Waals surface area (Å²) in [5, 5.41) is 20.9. The maximum absolute atomic E-state index is 11.6. The molecule has 3 atom stereocenters. The number of nitrogens with zero attached hydrogens (tertiary/aromatic N) is 3. The highest BCUT2D eigenvalue weighted by Gasteiger charge is 2.49. The van der Waals surface area contributed by atoms with Crippen molar-refractivity contribution < 1.29 is 14.8 Å². The number of aromatic nitrogens is 1. The molecule has 0 bridgehead atoms. The second-order valence-electron chi connectivity index (χ2n) is 5.54. The molecule has 21 heavy (non-hydrogen) atoms. The van der Waals surface area contributed by atoms with Crippen molar-refractivity contribution in [1.29, 1.82) is 0 Å². The molecule has 1 aromatic rings. The predicted octanol–water partition coefficient (Wildman–Crippen LogP) is 2.33. The van der Waals surface area contributed by atoms with Crippen LogP contribution in [0.1, 0.15) is 19.3 Å². The third-order valence-electron chi connectivity index (χ3n) is 4.43. The Bertz CT molecular complexity index is 609. The van der Waals surface area contributed by atoms with E-state index in [4.69, 9.17) is 11.6 Å². The molecule has 1 saturated heterocycles. The van der Waals surface area contributed by atoms with Crippen molar-refractivity contribution in [3.05, 3.63) is 27.4 Å². The molecule has 2 heterocycles. The Morgan fingerprint density at radius 2 is 2.29 bits per heavy atom. The summed E-state index contributed by atoms with van der Waals surface area (Å²) in [6.07, 6.45) is 4.14. The van der Waals surface area contributed by atoms with Crippen LogP contribution in [0.15, 0.2) is 12.3 Å². The highest BCUT2D eigenvalue weighted by molar-refractivity contribution is 6.30. The van der Waals surface area contributed by atoms with Crippen molar-refractivity contribution in [3.63, 3.8) is 0 Å². The van der Waals surface area contributed by atoms with Gasteiger partial charge in [-0.2, -0.15) is 0 Å². The average molecular weight is 312 g/mol. The minimum atomic E-state index is -0.949. The smallest absolute Gasteiger partial charge is 0.326 e. The minimum Gasteiger partial charge on any atom is -0.480 e. The molecule has 1 aliphatic heterocycles. The van der Waals surface area contributed by atoms with Gasteiger partial charge in [-0.25, -0.2) is 9.78 Å². The maximum Gasteiger partial charge on any atom is 0.326 e. The van der Waals surface area contributed by atoms with E-state index >= 15 is 0 Å². The topological polar surface area (TPSA) is 96.6 Å². The Morgan fingerprint density at radius 3 is 2.95 bits per heavy atom. The SMILES string of the molecule is O=C(O)C1C2CCCC2CN1c1ncc(Cl)cc1[N+](=O)[O-]. The van der Waals surface area contributed by atoms with Crippen molar-refractivity contribution in [3.8, 4) is 0 Å². The molecular weight excluding hydrogens is 298 g/mol. The Morgan fingerprint density at radius 1 is 1.52 bits per heavy atom. The molecule has 112 valence electrons. The number of aliphatic carboxylic acids is 1. The van der Waals surface area contributed by atoms with Crippen molar-refractivity contribution in [2.75, 3.05) is 11.4 Å². The second kappa shape index (κ2) is 5.14. The average Bonchev–Trinajstić information content (AvgIpc) is 2.97. The van der Waals surface area contributed by atoms with E-state index in [1.54, 1.807) is 4.90 Å². The highest BCUT2D eigenvalue weighted by atomic mass is 35.5. The number of carboxylic acid groups (broad SMARTS) is 1. The van der Waals surface area contributed by atoms with Gasteiger partial charge in [0, 0.05) is 18.8 Å². The summed E-state index contributed by atoms with van der Waals surface area (Å²) in [6.45, 7) is 0.497. The van der Waals surface area contributed by atoms with Crippen LogP contribution in [0.3, 0.4) is 0 Å². The fraction of sp³-hybridized carbons (Fsp3) is 0.538. The van der Waals surface area contributed by atoms with Crippen molar-refractivity contribution in [1.82, 2.24) is 4.98 Å². The van der Waals surface area contributed by atoms with Gasteiger partial charge in [0.25, 0.3) is 0 Å². The molecule has 1 aromatic heterocycles. The predicted molar refractivity (Wildman–Crippen MR) is 75.5 cm³/mol. The lowest BCUT2D eigenvalue weighted by molar-refractivity contribution is -0.384. The van der Waals surface area contributed by atoms with E-state index < -0.39 is 16.9 Å². The molecule has 2 fully saturated rings. The standard InChI is InChI=1S/C13H14ClN3O4/c14-8-4-10(17(20)21)12(15-5-8)16-6-7-2-1-3-9(7)11(16)13(18)19/h4-5,7,9,11H,1-3,6H2,(H,18,19). The molecule has 3 unspecified atom stereocenters. The fourth-order valence-corrected chi connectivity index (χ4v) is 3.77. The Hall–Kier alpha value is -1.89. The molecular formula is C13H14ClN3O4. The molecule has 1 N–H and O–H groups in total. The number of halogens is 1. The summed E-state index contributed by atoms with van der Waals surface area (Å²) in [5.74, 6) is -0.538. The fourth-order valence-electron chi connectivity index (χ4n) is 3.62. The molecule has 7 nitrogen and oxygen atoms in total. The third-order valence-corrected chi connectivity index (χ3v) is 4.63. The first-order chi connectivity index (χ1) is 9.99. The van der Waals surface area contributed by atoms with Crippen LogP contribution in [0.2, 0.25) is 5.02 Å². The number of carboxylic acids is 1. The molecule has 1 aliphatic carbocycles. The van der Waals surface area contributed by atoms with Crippen LogP contribution in [0.5, 0.6) is 0 Å². The third kappa shape index (κ3) is 2.31. The summed E-state index contributed by atoms with van der Waals surface area (Å²) < 4.78 is 0. The lowest BCUT2D eigenvalue weighted by Gasteiger charge is -2.24. The van der Waals surface area contributed by atoms with Gasteiger partial charge in [0.15, 0.2) is 0 Å². The minimum absolute atomic E-state index is 0.0413. The number of pyridine rings is 1. The number of nitro groups is 1. The normalized spacial score (nSPS) is 27.7. The summed E-state index contributed by atoms with van der Waals surface area (Å²) in [7, 11) is 0. The number of hydrogen-bond acceptors (Lipinski definition) is 5. The van der Waals surface area contributed by atoms with Crippen LogP contribution in [0.25, 0.3) is 0 Å². The molecule has 0 radical (unpaired) electrons. The van der Waals surface area contributed by atoms with E-state index in [1.165, 1.54) is 12.3 Å². The lowest BCUT2D eigenvalue weighted by atomic mass is 9.94. The summed E-state index contributed by atoms with van der Waals surface area (Å²) in [5.41, 5.74) is -0.242. The zero-order valence-corrected chi connectivity index (χ0v) is 11.9. The molecule has 3 rings (SSSR count). The molecule has 1 saturated carbocycles. The van der Waals surface area contributed by atoms with Crippen LogP contribution < -0.4 is 4.90 Å². The van der Waals surface area contributed by atoms with Crippen LogP contribution >= 0.6 is 11.6 Å². The van der Waals surface area contributed by atoms with Gasteiger partial charge in [-0.15, -0.1) is 0 Å². The lowest BCUT2D eigenvalue weighted by Crippen LogP contribution is -2.40. The van der Waals surface area contributed by atoms with E-state index in [1.807, 2.05) is 0 Å². The molecule has 0 spiro atoms. The van der Waals surface area contributed by atoms with Gasteiger partial charge in [0.2, 0.25) is 5.82 Å². The number of anilines is 1. The van der Waals surface area contributed by atoms with Crippen molar-refractivity contribution in [2.45, 2.75) is 25.3 Å². The molecule has 2 aliphatic rings.